The molecule has 1 fully saturated rings. The maximum atomic E-state index is 13.1. The summed E-state index contributed by atoms with van der Waals surface area (Å²) in [5, 5.41) is 13.2. The average Bonchev–Trinajstić information content (AvgIpc) is 3.25. The predicted molar refractivity (Wildman–Crippen MR) is 136 cm³/mol. The fraction of sp³-hybridized carbons (Fsp3) is 0.280. The molecule has 1 unspecified atom stereocenters. The van der Waals surface area contributed by atoms with Crippen LogP contribution in [0.2, 0.25) is 5.02 Å². The molecule has 0 bridgehead atoms. The highest BCUT2D eigenvalue weighted by atomic mass is 35.5. The Hall–Kier alpha value is -2.85. The third-order valence-corrected chi connectivity index (χ3v) is 8.96. The molecule has 178 valence electrons. The number of thiophene rings is 1. The Labute approximate surface area is 214 Å². The largest absolute Gasteiger partial charge is 0.378 e. The molecule has 1 aliphatic carbocycles. The van der Waals surface area contributed by atoms with Gasteiger partial charge in [0, 0.05) is 34.6 Å². The monoisotopic (exact) mass is 524 g/mol. The number of carbonyl (C=O) groups is 1. The highest BCUT2D eigenvalue weighted by molar-refractivity contribution is 7.14. The molecule has 0 saturated heterocycles. The number of amides is 1. The van der Waals surface area contributed by atoms with E-state index in [-0.39, 0.29) is 17.5 Å². The summed E-state index contributed by atoms with van der Waals surface area (Å²) in [6.07, 6.45) is 2.88. The van der Waals surface area contributed by atoms with E-state index >= 15 is 0 Å². The van der Waals surface area contributed by atoms with Crippen LogP contribution in [0, 0.1) is 0 Å². The van der Waals surface area contributed by atoms with Gasteiger partial charge in [-0.3, -0.25) is 14.6 Å². The number of thiazole rings is 1. The van der Waals surface area contributed by atoms with E-state index in [4.69, 9.17) is 16.6 Å². The van der Waals surface area contributed by atoms with Crippen LogP contribution < -0.4 is 5.56 Å². The van der Waals surface area contributed by atoms with Gasteiger partial charge in [0.2, 0.25) is 0 Å². The fourth-order valence-corrected chi connectivity index (χ4v) is 6.69. The van der Waals surface area contributed by atoms with Crippen LogP contribution >= 0.6 is 34.3 Å². The zero-order chi connectivity index (χ0) is 24.2. The average molecular weight is 525 g/mol. The molecular formula is C25H21ClN4O3S2. The molecule has 1 aromatic carbocycles. The minimum absolute atomic E-state index is 0.121. The van der Waals surface area contributed by atoms with Gasteiger partial charge in [-0.15, -0.1) is 22.7 Å². The van der Waals surface area contributed by atoms with Crippen molar-refractivity contribution in [3.8, 4) is 10.4 Å². The normalized spacial score (nSPS) is 17.1. The number of aromatic amines is 1. The topological polar surface area (TPSA) is 99.2 Å². The van der Waals surface area contributed by atoms with Gasteiger partial charge in [0.15, 0.2) is 6.10 Å². The van der Waals surface area contributed by atoms with Crippen molar-refractivity contribution in [2.45, 2.75) is 37.3 Å². The number of rotatable bonds is 5. The molecule has 2 aliphatic rings. The third kappa shape index (κ3) is 4.02. The Bertz CT molecular complexity index is 1480. The van der Waals surface area contributed by atoms with Crippen LogP contribution in [0.25, 0.3) is 10.4 Å². The molecule has 4 heterocycles. The molecule has 1 atom stereocenters. The number of aromatic nitrogens is 3. The molecule has 0 radical (unpaired) electrons. The zero-order valence-electron chi connectivity index (χ0n) is 18.5. The van der Waals surface area contributed by atoms with Gasteiger partial charge in [0.25, 0.3) is 11.5 Å². The number of aliphatic hydroxyl groups is 1. The molecule has 1 saturated carbocycles. The van der Waals surface area contributed by atoms with Crippen LogP contribution in [0.15, 0.2) is 52.2 Å². The summed E-state index contributed by atoms with van der Waals surface area (Å²) in [6, 6.07) is 8.79. The van der Waals surface area contributed by atoms with Crippen molar-refractivity contribution in [2.75, 3.05) is 6.54 Å². The molecule has 3 aromatic heterocycles. The molecule has 10 heteroatoms. The minimum atomic E-state index is -1.33. The lowest BCUT2D eigenvalue weighted by Gasteiger charge is -2.30. The summed E-state index contributed by atoms with van der Waals surface area (Å²) in [4.78, 5) is 42.0. The Morgan fingerprint density at radius 2 is 2.11 bits per heavy atom. The van der Waals surface area contributed by atoms with Gasteiger partial charge in [-0.2, -0.15) is 0 Å². The van der Waals surface area contributed by atoms with Crippen molar-refractivity contribution >= 4 is 40.2 Å². The summed E-state index contributed by atoms with van der Waals surface area (Å²) in [5.41, 5.74) is 4.15. The first kappa shape index (κ1) is 22.6. The van der Waals surface area contributed by atoms with Crippen molar-refractivity contribution in [3.05, 3.63) is 90.3 Å². The quantitative estimate of drug-likeness (QED) is 0.405. The molecule has 7 nitrogen and oxygen atoms in total. The van der Waals surface area contributed by atoms with Crippen LogP contribution in [-0.4, -0.2) is 37.4 Å². The van der Waals surface area contributed by atoms with Crippen LogP contribution in [0.1, 0.15) is 46.5 Å². The SMILES string of the molecule is O=C(C(O)c1cccc(Cl)c1)N1CCc2nc(C3(c4cc(-c5cncs5)cs4)CC3)[nH]c(=O)c2C1. The summed E-state index contributed by atoms with van der Waals surface area (Å²) >= 11 is 9.30. The summed E-state index contributed by atoms with van der Waals surface area (Å²) < 4.78 is 0. The molecule has 0 spiro atoms. The molecule has 2 N–H and O–H groups in total. The number of benzene rings is 1. The van der Waals surface area contributed by atoms with Gasteiger partial charge < -0.3 is 15.0 Å². The lowest BCUT2D eigenvalue weighted by atomic mass is 10.0. The van der Waals surface area contributed by atoms with Crippen LogP contribution in [0.4, 0.5) is 0 Å². The van der Waals surface area contributed by atoms with E-state index < -0.39 is 12.0 Å². The molecule has 6 rings (SSSR count). The zero-order valence-corrected chi connectivity index (χ0v) is 20.9. The van der Waals surface area contributed by atoms with Gasteiger partial charge in [0.1, 0.15) is 5.82 Å². The number of carbonyl (C=O) groups excluding carboxylic acids is 1. The molecule has 1 aliphatic heterocycles. The second-order valence-corrected chi connectivity index (χ2v) is 11.2. The van der Waals surface area contributed by atoms with Crippen LogP contribution in [0.5, 0.6) is 0 Å². The van der Waals surface area contributed by atoms with E-state index in [0.717, 1.165) is 29.0 Å². The van der Waals surface area contributed by atoms with E-state index in [1.54, 1.807) is 46.9 Å². The number of nitrogens with one attached hydrogen (secondary N) is 1. The molecule has 1 amide bonds. The Kier molecular flexibility index (Phi) is 5.60. The molecule has 35 heavy (non-hydrogen) atoms. The van der Waals surface area contributed by atoms with Gasteiger partial charge in [-0.1, -0.05) is 23.7 Å². The highest BCUT2D eigenvalue weighted by Gasteiger charge is 2.50. The van der Waals surface area contributed by atoms with Crippen molar-refractivity contribution in [1.82, 2.24) is 19.9 Å². The number of fused-ring (bicyclic) bond motifs is 1. The smallest absolute Gasteiger partial charge is 0.256 e. The molecular weight excluding hydrogens is 504 g/mol. The summed E-state index contributed by atoms with van der Waals surface area (Å²) in [6.45, 7) is 0.511. The number of H-pyrrole nitrogens is 1. The second-order valence-electron chi connectivity index (χ2n) is 8.95. The van der Waals surface area contributed by atoms with E-state index in [1.807, 2.05) is 11.7 Å². The Balaban J connectivity index is 1.25. The van der Waals surface area contributed by atoms with Gasteiger partial charge in [-0.05, 0) is 42.0 Å². The lowest BCUT2D eigenvalue weighted by molar-refractivity contribution is -0.141. The van der Waals surface area contributed by atoms with Crippen LogP contribution in [0.3, 0.4) is 0 Å². The van der Waals surface area contributed by atoms with Gasteiger partial charge in [0.05, 0.1) is 33.6 Å². The Morgan fingerprint density at radius 1 is 1.26 bits per heavy atom. The van der Waals surface area contributed by atoms with Gasteiger partial charge >= 0.3 is 0 Å². The predicted octanol–water partition coefficient (Wildman–Crippen LogP) is 4.31. The fourth-order valence-electron chi connectivity index (χ4n) is 4.63. The summed E-state index contributed by atoms with van der Waals surface area (Å²) in [5.74, 6) is 0.256. The number of hydrogen-bond acceptors (Lipinski definition) is 7. The maximum absolute atomic E-state index is 13.1. The minimum Gasteiger partial charge on any atom is -0.378 e. The van der Waals surface area contributed by atoms with Crippen molar-refractivity contribution in [2.24, 2.45) is 0 Å². The van der Waals surface area contributed by atoms with Gasteiger partial charge in [-0.25, -0.2) is 4.98 Å². The Morgan fingerprint density at radius 3 is 2.86 bits per heavy atom. The summed E-state index contributed by atoms with van der Waals surface area (Å²) in [7, 11) is 0. The third-order valence-electron chi connectivity index (χ3n) is 6.77. The van der Waals surface area contributed by atoms with Crippen molar-refractivity contribution in [1.29, 1.82) is 0 Å². The van der Waals surface area contributed by atoms with Crippen molar-refractivity contribution < 1.29 is 9.90 Å². The van der Waals surface area contributed by atoms with E-state index in [9.17, 15) is 14.7 Å². The number of aliphatic hydroxyl groups excluding tert-OH is 1. The standard InChI is InChI=1S/C25H21ClN4O3S2/c26-16-3-1-2-14(8-16)21(31)23(33)30-7-4-18-17(11-30)22(32)29-24(28-18)25(5-6-25)20-9-15(12-34-20)19-10-27-13-35-19/h1-3,8-10,12-13,21,31H,4-7,11H2,(H,28,29,32). The number of halogens is 1. The van der Waals surface area contributed by atoms with E-state index in [0.29, 0.717) is 34.9 Å². The number of hydrogen-bond donors (Lipinski definition) is 2. The lowest BCUT2D eigenvalue weighted by Crippen LogP contribution is -2.42. The maximum Gasteiger partial charge on any atom is 0.256 e. The second kappa shape index (κ2) is 8.67. The van der Waals surface area contributed by atoms with Crippen LogP contribution in [-0.2, 0) is 23.2 Å². The highest BCUT2D eigenvalue weighted by Crippen LogP contribution is 2.54. The molecule has 4 aromatic rings. The van der Waals surface area contributed by atoms with E-state index in [1.165, 1.54) is 9.78 Å². The first-order valence-electron chi connectivity index (χ1n) is 11.3. The first-order valence-corrected chi connectivity index (χ1v) is 13.4. The first-order chi connectivity index (χ1) is 16.9. The van der Waals surface area contributed by atoms with E-state index in [2.05, 4.69) is 21.4 Å². The van der Waals surface area contributed by atoms with Crippen molar-refractivity contribution in [3.63, 3.8) is 0 Å². The number of nitrogens with zero attached hydrogens (tertiary/aromatic N) is 3.